The highest BCUT2D eigenvalue weighted by Gasteiger charge is 2.35. The molecule has 0 radical (unpaired) electrons. The van der Waals surface area contributed by atoms with Crippen LogP contribution in [0.3, 0.4) is 0 Å². The number of aromatic nitrogens is 3. The Morgan fingerprint density at radius 1 is 1.33 bits per heavy atom. The SMILES string of the molecule is CCCC1CN(Cc2ncnn2CC)C(C(C)(C)C)CN1. The van der Waals surface area contributed by atoms with Crippen LogP contribution in [-0.2, 0) is 13.1 Å². The van der Waals surface area contributed by atoms with E-state index in [9.17, 15) is 0 Å². The van der Waals surface area contributed by atoms with E-state index in [1.54, 1.807) is 6.33 Å². The Balaban J connectivity index is 2.13. The quantitative estimate of drug-likeness (QED) is 0.905. The van der Waals surface area contributed by atoms with Gasteiger partial charge in [-0.15, -0.1) is 0 Å². The predicted molar refractivity (Wildman–Crippen MR) is 86.0 cm³/mol. The second kappa shape index (κ2) is 6.88. The molecule has 0 bridgehead atoms. The first-order chi connectivity index (χ1) is 9.95. The molecule has 5 nitrogen and oxygen atoms in total. The van der Waals surface area contributed by atoms with Gasteiger partial charge in [-0.2, -0.15) is 5.10 Å². The normalized spacial score (nSPS) is 24.4. The fraction of sp³-hybridized carbons (Fsp3) is 0.875. The molecule has 1 N–H and O–H groups in total. The summed E-state index contributed by atoms with van der Waals surface area (Å²) in [5, 5.41) is 8.04. The van der Waals surface area contributed by atoms with Crippen molar-refractivity contribution in [2.45, 2.75) is 72.6 Å². The average molecular weight is 293 g/mol. The van der Waals surface area contributed by atoms with Gasteiger partial charge in [0.15, 0.2) is 0 Å². The number of hydrogen-bond donors (Lipinski definition) is 1. The first-order valence-electron chi connectivity index (χ1n) is 8.29. The molecule has 0 amide bonds. The summed E-state index contributed by atoms with van der Waals surface area (Å²) >= 11 is 0. The number of hydrogen-bond acceptors (Lipinski definition) is 4. The summed E-state index contributed by atoms with van der Waals surface area (Å²) in [6.45, 7) is 15.3. The Hall–Kier alpha value is -0.940. The average Bonchev–Trinajstić information content (AvgIpc) is 2.85. The summed E-state index contributed by atoms with van der Waals surface area (Å²) in [5.74, 6) is 1.09. The molecule has 1 aliphatic rings. The monoisotopic (exact) mass is 293 g/mol. The lowest BCUT2D eigenvalue weighted by molar-refractivity contribution is 0.0444. The highest BCUT2D eigenvalue weighted by atomic mass is 15.4. The first-order valence-corrected chi connectivity index (χ1v) is 8.29. The summed E-state index contributed by atoms with van der Waals surface area (Å²) < 4.78 is 2.01. The van der Waals surface area contributed by atoms with Crippen LogP contribution >= 0.6 is 0 Å². The Labute approximate surface area is 129 Å². The smallest absolute Gasteiger partial charge is 0.141 e. The van der Waals surface area contributed by atoms with Gasteiger partial charge in [0.1, 0.15) is 12.2 Å². The van der Waals surface area contributed by atoms with Gasteiger partial charge in [0.05, 0.1) is 6.54 Å². The molecule has 2 atom stereocenters. The summed E-state index contributed by atoms with van der Waals surface area (Å²) in [6.07, 6.45) is 4.15. The van der Waals surface area contributed by atoms with Crippen LogP contribution < -0.4 is 5.32 Å². The molecule has 1 fully saturated rings. The molecule has 0 spiro atoms. The van der Waals surface area contributed by atoms with E-state index in [0.29, 0.717) is 12.1 Å². The van der Waals surface area contributed by atoms with E-state index >= 15 is 0 Å². The van der Waals surface area contributed by atoms with Gasteiger partial charge in [-0.1, -0.05) is 34.1 Å². The highest BCUT2D eigenvalue weighted by Crippen LogP contribution is 2.28. The molecule has 1 saturated heterocycles. The summed E-state index contributed by atoms with van der Waals surface area (Å²) in [4.78, 5) is 7.06. The molecule has 5 heteroatoms. The second-order valence-corrected chi connectivity index (χ2v) is 7.20. The van der Waals surface area contributed by atoms with E-state index in [1.165, 1.54) is 12.8 Å². The minimum absolute atomic E-state index is 0.265. The van der Waals surface area contributed by atoms with Crippen LogP contribution in [0.2, 0.25) is 0 Å². The van der Waals surface area contributed by atoms with E-state index < -0.39 is 0 Å². The third-order valence-electron chi connectivity index (χ3n) is 4.47. The standard InChI is InChI=1S/C16H31N5/c1-6-8-13-10-20(14(9-17-13)16(3,4)5)11-15-18-12-19-21(15)7-2/h12-14,17H,6-11H2,1-5H3. The molecule has 0 saturated carbocycles. The van der Waals surface area contributed by atoms with Gasteiger partial charge in [0.2, 0.25) is 0 Å². The minimum atomic E-state index is 0.265. The van der Waals surface area contributed by atoms with E-state index in [0.717, 1.165) is 32.0 Å². The number of piperazine rings is 1. The maximum atomic E-state index is 4.46. The third-order valence-corrected chi connectivity index (χ3v) is 4.47. The van der Waals surface area contributed by atoms with Crippen LogP contribution in [0.1, 0.15) is 53.3 Å². The van der Waals surface area contributed by atoms with Gasteiger partial charge in [0.25, 0.3) is 0 Å². The second-order valence-electron chi connectivity index (χ2n) is 7.20. The molecule has 120 valence electrons. The van der Waals surface area contributed by atoms with Crippen LogP contribution in [-0.4, -0.2) is 44.8 Å². The molecule has 2 unspecified atom stereocenters. The zero-order valence-corrected chi connectivity index (χ0v) is 14.3. The fourth-order valence-corrected chi connectivity index (χ4v) is 3.31. The van der Waals surface area contributed by atoms with Crippen molar-refractivity contribution in [3.8, 4) is 0 Å². The molecule has 0 aromatic carbocycles. The van der Waals surface area contributed by atoms with E-state index in [4.69, 9.17) is 0 Å². The fourth-order valence-electron chi connectivity index (χ4n) is 3.31. The molecule has 2 rings (SSSR count). The summed E-state index contributed by atoms with van der Waals surface area (Å²) in [6, 6.07) is 1.14. The maximum absolute atomic E-state index is 4.46. The van der Waals surface area contributed by atoms with Gasteiger partial charge in [-0.25, -0.2) is 9.67 Å². The van der Waals surface area contributed by atoms with Crippen molar-refractivity contribution >= 4 is 0 Å². The maximum Gasteiger partial charge on any atom is 0.141 e. The minimum Gasteiger partial charge on any atom is -0.311 e. The predicted octanol–water partition coefficient (Wildman–Crippen LogP) is 2.29. The van der Waals surface area contributed by atoms with Gasteiger partial charge in [-0.3, -0.25) is 4.90 Å². The van der Waals surface area contributed by atoms with Gasteiger partial charge in [-0.05, 0) is 18.8 Å². The highest BCUT2D eigenvalue weighted by molar-refractivity contribution is 4.95. The van der Waals surface area contributed by atoms with Gasteiger partial charge >= 0.3 is 0 Å². The Morgan fingerprint density at radius 2 is 2.10 bits per heavy atom. The Kier molecular flexibility index (Phi) is 5.38. The molecular weight excluding hydrogens is 262 g/mol. The molecule has 1 aromatic heterocycles. The lowest BCUT2D eigenvalue weighted by Crippen LogP contribution is -2.60. The molecular formula is C16H31N5. The zero-order chi connectivity index (χ0) is 15.5. The van der Waals surface area contributed by atoms with Crippen molar-refractivity contribution in [2.75, 3.05) is 13.1 Å². The van der Waals surface area contributed by atoms with Crippen LogP contribution in [0, 0.1) is 5.41 Å². The molecule has 1 aromatic rings. The van der Waals surface area contributed by atoms with Crippen LogP contribution in [0.5, 0.6) is 0 Å². The Bertz CT molecular complexity index is 434. The van der Waals surface area contributed by atoms with Crippen LogP contribution in [0.15, 0.2) is 6.33 Å². The topological polar surface area (TPSA) is 46.0 Å². The number of nitrogens with one attached hydrogen (secondary N) is 1. The lowest BCUT2D eigenvalue weighted by atomic mass is 9.83. The number of nitrogens with zero attached hydrogens (tertiary/aromatic N) is 4. The first kappa shape index (κ1) is 16.4. The zero-order valence-electron chi connectivity index (χ0n) is 14.3. The van der Waals surface area contributed by atoms with Crippen molar-refractivity contribution < 1.29 is 0 Å². The molecule has 0 aliphatic carbocycles. The number of rotatable bonds is 5. The molecule has 1 aliphatic heterocycles. The van der Waals surface area contributed by atoms with Gasteiger partial charge in [0, 0.05) is 31.7 Å². The van der Waals surface area contributed by atoms with E-state index in [1.807, 2.05) is 4.68 Å². The van der Waals surface area contributed by atoms with E-state index in [-0.39, 0.29) is 5.41 Å². The third kappa shape index (κ3) is 4.04. The largest absolute Gasteiger partial charge is 0.311 e. The summed E-state index contributed by atoms with van der Waals surface area (Å²) in [5.41, 5.74) is 0.265. The van der Waals surface area contributed by atoms with Crippen molar-refractivity contribution in [1.29, 1.82) is 0 Å². The number of aryl methyl sites for hydroxylation is 1. The molecule has 21 heavy (non-hydrogen) atoms. The lowest BCUT2D eigenvalue weighted by Gasteiger charge is -2.46. The summed E-state index contributed by atoms with van der Waals surface area (Å²) in [7, 11) is 0. The van der Waals surface area contributed by atoms with Crippen molar-refractivity contribution in [3.63, 3.8) is 0 Å². The Morgan fingerprint density at radius 3 is 2.71 bits per heavy atom. The van der Waals surface area contributed by atoms with Gasteiger partial charge < -0.3 is 5.32 Å². The van der Waals surface area contributed by atoms with Crippen LogP contribution in [0.25, 0.3) is 0 Å². The molecule has 2 heterocycles. The van der Waals surface area contributed by atoms with Crippen molar-refractivity contribution in [3.05, 3.63) is 12.2 Å². The van der Waals surface area contributed by atoms with Crippen LogP contribution in [0.4, 0.5) is 0 Å². The van der Waals surface area contributed by atoms with E-state index in [2.05, 4.69) is 54.9 Å². The van der Waals surface area contributed by atoms with Crippen molar-refractivity contribution in [1.82, 2.24) is 25.0 Å². The van der Waals surface area contributed by atoms with Crippen molar-refractivity contribution in [2.24, 2.45) is 5.41 Å².